The third kappa shape index (κ3) is 3.70. The van der Waals surface area contributed by atoms with E-state index in [9.17, 15) is 9.90 Å². The average Bonchev–Trinajstić information content (AvgIpc) is 2.50. The van der Waals surface area contributed by atoms with E-state index in [1.807, 2.05) is 6.07 Å². The van der Waals surface area contributed by atoms with Crippen molar-refractivity contribution in [2.45, 2.75) is 13.8 Å². The number of fused-ring (bicyclic) bond motifs is 1. The topological polar surface area (TPSA) is 62.7 Å². The molecule has 1 heterocycles. The van der Waals surface area contributed by atoms with Gasteiger partial charge in [-0.3, -0.25) is 0 Å². The van der Waals surface area contributed by atoms with Crippen LogP contribution in [0.15, 0.2) is 30.3 Å². The lowest BCUT2D eigenvalue weighted by molar-refractivity contribution is 0.0698. The number of carboxylic acid groups (broad SMARTS) is 1. The molecule has 21 heavy (non-hydrogen) atoms. The number of nitrogens with zero attached hydrogens (tertiary/aromatic N) is 2. The van der Waals surface area contributed by atoms with Crippen LogP contribution in [0.1, 0.15) is 24.2 Å². The van der Waals surface area contributed by atoms with Gasteiger partial charge in [-0.1, -0.05) is 32.0 Å². The molecule has 0 unspecified atom stereocenters. The number of para-hydroxylation sites is 1. The third-order valence-electron chi connectivity index (χ3n) is 3.47. The number of aromatic nitrogens is 1. The summed E-state index contributed by atoms with van der Waals surface area (Å²) in [7, 11) is 0. The van der Waals surface area contributed by atoms with Gasteiger partial charge in [0.05, 0.1) is 11.1 Å². The molecule has 0 fully saturated rings. The first-order valence-electron chi connectivity index (χ1n) is 7.14. The van der Waals surface area contributed by atoms with E-state index < -0.39 is 5.97 Å². The highest BCUT2D eigenvalue weighted by Crippen LogP contribution is 2.22. The number of ether oxygens (including phenoxy) is 1. The summed E-state index contributed by atoms with van der Waals surface area (Å²) < 4.78 is 5.62. The van der Waals surface area contributed by atoms with Crippen LogP contribution in [0.25, 0.3) is 10.9 Å². The Morgan fingerprint density at radius 3 is 2.67 bits per heavy atom. The molecule has 1 aromatic carbocycles. The first kappa shape index (κ1) is 15.3. The molecule has 0 saturated heterocycles. The molecule has 0 amide bonds. The van der Waals surface area contributed by atoms with Crippen molar-refractivity contribution in [1.82, 2.24) is 9.88 Å². The van der Waals surface area contributed by atoms with Gasteiger partial charge in [0.15, 0.2) is 0 Å². The van der Waals surface area contributed by atoms with Crippen LogP contribution in [0, 0.1) is 0 Å². The van der Waals surface area contributed by atoms with Gasteiger partial charge in [-0.25, -0.2) is 9.78 Å². The first-order valence-corrected chi connectivity index (χ1v) is 7.14. The number of hydrogen-bond acceptors (Lipinski definition) is 4. The van der Waals surface area contributed by atoms with Crippen molar-refractivity contribution in [1.29, 1.82) is 0 Å². The number of carboxylic acids is 1. The highest BCUT2D eigenvalue weighted by atomic mass is 16.5. The molecule has 2 aromatic rings. The number of rotatable bonds is 7. The molecule has 0 saturated carbocycles. The summed E-state index contributed by atoms with van der Waals surface area (Å²) >= 11 is 0. The van der Waals surface area contributed by atoms with E-state index in [-0.39, 0.29) is 5.56 Å². The molecule has 0 aliphatic heterocycles. The van der Waals surface area contributed by atoms with E-state index >= 15 is 0 Å². The second-order valence-electron chi connectivity index (χ2n) is 4.71. The normalized spacial score (nSPS) is 11.0. The lowest BCUT2D eigenvalue weighted by atomic mass is 10.1. The average molecular weight is 288 g/mol. The Kier molecular flexibility index (Phi) is 5.11. The van der Waals surface area contributed by atoms with Gasteiger partial charge in [0, 0.05) is 18.0 Å². The first-order chi connectivity index (χ1) is 10.2. The van der Waals surface area contributed by atoms with Crippen LogP contribution < -0.4 is 4.74 Å². The summed E-state index contributed by atoms with van der Waals surface area (Å²) in [5.41, 5.74) is 0.855. The van der Waals surface area contributed by atoms with E-state index in [1.165, 1.54) is 6.07 Å². The maximum atomic E-state index is 11.4. The monoisotopic (exact) mass is 288 g/mol. The minimum atomic E-state index is -0.970. The number of carbonyl (C=O) groups is 1. The lowest BCUT2D eigenvalue weighted by Crippen LogP contribution is -2.28. The van der Waals surface area contributed by atoms with Crippen molar-refractivity contribution >= 4 is 16.9 Å². The van der Waals surface area contributed by atoms with Crippen LogP contribution in [0.2, 0.25) is 0 Å². The largest absolute Gasteiger partial charge is 0.478 e. The predicted octanol–water partition coefficient (Wildman–Crippen LogP) is 2.65. The SMILES string of the molecule is CCN(CC)CCOc1cc(C(=O)O)c2ccccc2n1. The number of aromatic carboxylic acids is 1. The van der Waals surface area contributed by atoms with Crippen LogP contribution in [0.3, 0.4) is 0 Å². The molecule has 0 spiro atoms. The van der Waals surface area contributed by atoms with Gasteiger partial charge < -0.3 is 14.7 Å². The standard InChI is InChI=1S/C16H20N2O3/c1-3-18(4-2)9-10-21-15-11-13(16(19)20)12-7-5-6-8-14(12)17-15/h5-8,11H,3-4,9-10H2,1-2H3,(H,19,20). The molecule has 5 heteroatoms. The van der Waals surface area contributed by atoms with Crippen molar-refractivity contribution < 1.29 is 14.6 Å². The maximum Gasteiger partial charge on any atom is 0.336 e. The van der Waals surface area contributed by atoms with Gasteiger partial charge in [-0.15, -0.1) is 0 Å². The van der Waals surface area contributed by atoms with Gasteiger partial charge in [-0.2, -0.15) is 0 Å². The van der Waals surface area contributed by atoms with Crippen molar-refractivity contribution in [2.75, 3.05) is 26.2 Å². The maximum absolute atomic E-state index is 11.4. The van der Waals surface area contributed by atoms with Gasteiger partial charge in [0.25, 0.3) is 0 Å². The number of benzene rings is 1. The molecule has 2 rings (SSSR count). The van der Waals surface area contributed by atoms with E-state index in [0.717, 1.165) is 19.6 Å². The molecule has 1 aromatic heterocycles. The van der Waals surface area contributed by atoms with E-state index in [2.05, 4.69) is 23.7 Å². The molecule has 0 atom stereocenters. The second-order valence-corrected chi connectivity index (χ2v) is 4.71. The quantitative estimate of drug-likeness (QED) is 0.848. The van der Waals surface area contributed by atoms with Gasteiger partial charge in [-0.05, 0) is 19.2 Å². The van der Waals surface area contributed by atoms with Crippen LogP contribution in [-0.4, -0.2) is 47.2 Å². The number of likely N-dealkylation sites (N-methyl/N-ethyl adjacent to an activating group) is 1. The van der Waals surface area contributed by atoms with Crippen molar-refractivity contribution in [2.24, 2.45) is 0 Å². The zero-order valence-electron chi connectivity index (χ0n) is 12.4. The Balaban J connectivity index is 2.19. The summed E-state index contributed by atoms with van der Waals surface area (Å²) in [4.78, 5) is 17.9. The summed E-state index contributed by atoms with van der Waals surface area (Å²) in [6, 6.07) is 8.68. The molecular formula is C16H20N2O3. The summed E-state index contributed by atoms with van der Waals surface area (Å²) in [6.45, 7) is 7.41. The van der Waals surface area contributed by atoms with Crippen molar-refractivity contribution in [3.63, 3.8) is 0 Å². The summed E-state index contributed by atoms with van der Waals surface area (Å²) in [6.07, 6.45) is 0. The molecule has 0 aliphatic rings. The summed E-state index contributed by atoms with van der Waals surface area (Å²) in [5.74, 6) is -0.611. The highest BCUT2D eigenvalue weighted by molar-refractivity contribution is 6.02. The molecular weight excluding hydrogens is 268 g/mol. The minimum absolute atomic E-state index is 0.221. The van der Waals surface area contributed by atoms with Gasteiger partial charge in [0.1, 0.15) is 6.61 Å². The Bertz CT molecular complexity index is 624. The number of hydrogen-bond donors (Lipinski definition) is 1. The molecule has 0 bridgehead atoms. The van der Waals surface area contributed by atoms with Crippen molar-refractivity contribution in [3.8, 4) is 5.88 Å². The summed E-state index contributed by atoms with van der Waals surface area (Å²) in [5, 5.41) is 9.93. The predicted molar refractivity (Wildman–Crippen MR) is 82.0 cm³/mol. The molecule has 1 N–H and O–H groups in total. The van der Waals surface area contributed by atoms with Crippen LogP contribution in [0.4, 0.5) is 0 Å². The van der Waals surface area contributed by atoms with Crippen LogP contribution in [-0.2, 0) is 0 Å². The van der Waals surface area contributed by atoms with Crippen molar-refractivity contribution in [3.05, 3.63) is 35.9 Å². The fourth-order valence-corrected chi connectivity index (χ4v) is 2.22. The molecule has 5 nitrogen and oxygen atoms in total. The second kappa shape index (κ2) is 7.04. The Morgan fingerprint density at radius 1 is 1.29 bits per heavy atom. The van der Waals surface area contributed by atoms with E-state index in [4.69, 9.17) is 4.74 Å². The van der Waals surface area contributed by atoms with Gasteiger partial charge in [0.2, 0.25) is 5.88 Å². The molecule has 112 valence electrons. The minimum Gasteiger partial charge on any atom is -0.478 e. The fourth-order valence-electron chi connectivity index (χ4n) is 2.22. The Morgan fingerprint density at radius 2 is 2.00 bits per heavy atom. The lowest BCUT2D eigenvalue weighted by Gasteiger charge is -2.18. The zero-order valence-corrected chi connectivity index (χ0v) is 12.4. The molecule has 0 aliphatic carbocycles. The van der Waals surface area contributed by atoms with Gasteiger partial charge >= 0.3 is 5.97 Å². The van der Waals surface area contributed by atoms with E-state index in [0.29, 0.717) is 23.4 Å². The zero-order chi connectivity index (χ0) is 15.2. The van der Waals surface area contributed by atoms with Crippen LogP contribution in [0.5, 0.6) is 5.88 Å². The third-order valence-corrected chi connectivity index (χ3v) is 3.47. The Hall–Kier alpha value is -2.14. The number of pyridine rings is 1. The smallest absolute Gasteiger partial charge is 0.336 e. The van der Waals surface area contributed by atoms with Crippen LogP contribution >= 0.6 is 0 Å². The fraction of sp³-hybridized carbons (Fsp3) is 0.375. The Labute approximate surface area is 124 Å². The molecule has 0 radical (unpaired) electrons. The highest BCUT2D eigenvalue weighted by Gasteiger charge is 2.12. The van der Waals surface area contributed by atoms with E-state index in [1.54, 1.807) is 18.2 Å².